The van der Waals surface area contributed by atoms with E-state index in [2.05, 4.69) is 5.32 Å². The van der Waals surface area contributed by atoms with Crippen molar-refractivity contribution in [2.24, 2.45) is 5.41 Å². The van der Waals surface area contributed by atoms with Gasteiger partial charge < -0.3 is 10.1 Å². The standard InChI is InChI=1S/C14H18ClNO3/c1-5-19-12(17)9-6-7-10(15)11(8-9)16-13(18)14(2,3)4/h6-8H,5H2,1-4H3,(H,16,18). The number of carbonyl (C=O) groups excluding carboxylic acids is 2. The van der Waals surface area contributed by atoms with E-state index in [9.17, 15) is 9.59 Å². The highest BCUT2D eigenvalue weighted by atomic mass is 35.5. The monoisotopic (exact) mass is 283 g/mol. The molecule has 0 aliphatic heterocycles. The summed E-state index contributed by atoms with van der Waals surface area (Å²) >= 11 is 6.01. The van der Waals surface area contributed by atoms with Crippen LogP contribution in [0.5, 0.6) is 0 Å². The lowest BCUT2D eigenvalue weighted by Gasteiger charge is -2.18. The number of benzene rings is 1. The zero-order chi connectivity index (χ0) is 14.6. The number of halogens is 1. The molecule has 5 heteroatoms. The van der Waals surface area contributed by atoms with Crippen molar-refractivity contribution in [2.45, 2.75) is 27.7 Å². The van der Waals surface area contributed by atoms with Gasteiger partial charge in [-0.1, -0.05) is 32.4 Å². The van der Waals surface area contributed by atoms with Gasteiger partial charge in [0.1, 0.15) is 0 Å². The third-order valence-electron chi connectivity index (χ3n) is 2.41. The molecule has 0 unspecified atom stereocenters. The maximum atomic E-state index is 11.9. The highest BCUT2D eigenvalue weighted by Gasteiger charge is 2.22. The fraction of sp³-hybridized carbons (Fsp3) is 0.429. The molecule has 19 heavy (non-hydrogen) atoms. The molecule has 0 saturated carbocycles. The number of nitrogens with one attached hydrogen (secondary N) is 1. The number of amides is 1. The quantitative estimate of drug-likeness (QED) is 0.864. The van der Waals surface area contributed by atoms with Gasteiger partial charge in [-0.2, -0.15) is 0 Å². The van der Waals surface area contributed by atoms with Crippen molar-refractivity contribution in [1.29, 1.82) is 0 Å². The molecular weight excluding hydrogens is 266 g/mol. The van der Waals surface area contributed by atoms with Crippen molar-refractivity contribution >= 4 is 29.2 Å². The molecule has 0 aromatic heterocycles. The minimum atomic E-state index is -0.538. The van der Waals surface area contributed by atoms with Crippen LogP contribution in [0.4, 0.5) is 5.69 Å². The van der Waals surface area contributed by atoms with Gasteiger partial charge in [0.2, 0.25) is 5.91 Å². The summed E-state index contributed by atoms with van der Waals surface area (Å²) in [5, 5.41) is 3.09. The zero-order valence-corrected chi connectivity index (χ0v) is 12.3. The largest absolute Gasteiger partial charge is 0.462 e. The summed E-state index contributed by atoms with van der Waals surface area (Å²) in [6, 6.07) is 4.64. The molecule has 1 N–H and O–H groups in total. The molecule has 4 nitrogen and oxygen atoms in total. The van der Waals surface area contributed by atoms with Crippen molar-refractivity contribution in [1.82, 2.24) is 0 Å². The van der Waals surface area contributed by atoms with Gasteiger partial charge in [0.25, 0.3) is 0 Å². The van der Waals surface area contributed by atoms with Crippen molar-refractivity contribution in [2.75, 3.05) is 11.9 Å². The summed E-state index contributed by atoms with van der Waals surface area (Å²) in [7, 11) is 0. The highest BCUT2D eigenvalue weighted by Crippen LogP contribution is 2.26. The van der Waals surface area contributed by atoms with Crippen LogP contribution in [0.3, 0.4) is 0 Å². The van der Waals surface area contributed by atoms with Crippen molar-refractivity contribution in [3.05, 3.63) is 28.8 Å². The van der Waals surface area contributed by atoms with Gasteiger partial charge in [-0.05, 0) is 25.1 Å². The van der Waals surface area contributed by atoms with Gasteiger partial charge in [0, 0.05) is 5.41 Å². The number of anilines is 1. The second-order valence-corrected chi connectivity index (χ2v) is 5.53. The van der Waals surface area contributed by atoms with Crippen LogP contribution in [0, 0.1) is 5.41 Å². The zero-order valence-electron chi connectivity index (χ0n) is 11.5. The Kier molecular flexibility index (Phi) is 4.95. The molecule has 0 fully saturated rings. The Balaban J connectivity index is 2.98. The van der Waals surface area contributed by atoms with Crippen LogP contribution in [0.2, 0.25) is 5.02 Å². The van der Waals surface area contributed by atoms with Crippen LogP contribution < -0.4 is 5.32 Å². The van der Waals surface area contributed by atoms with Crippen molar-refractivity contribution in [3.63, 3.8) is 0 Å². The van der Waals surface area contributed by atoms with E-state index in [0.717, 1.165) is 0 Å². The molecule has 0 atom stereocenters. The van der Waals surface area contributed by atoms with E-state index in [1.807, 2.05) is 0 Å². The minimum absolute atomic E-state index is 0.171. The Morgan fingerprint density at radius 1 is 1.32 bits per heavy atom. The number of rotatable bonds is 3. The molecule has 0 aliphatic carbocycles. The number of esters is 1. The average Bonchev–Trinajstić information content (AvgIpc) is 2.30. The SMILES string of the molecule is CCOC(=O)c1ccc(Cl)c(NC(=O)C(C)(C)C)c1. The number of carbonyl (C=O) groups is 2. The first kappa shape index (κ1) is 15.5. The predicted octanol–water partition coefficient (Wildman–Crippen LogP) is 3.50. The molecular formula is C14H18ClNO3. The Labute approximate surface area is 118 Å². The number of hydrogen-bond donors (Lipinski definition) is 1. The van der Waals surface area contributed by atoms with E-state index in [1.165, 1.54) is 6.07 Å². The van der Waals surface area contributed by atoms with E-state index >= 15 is 0 Å². The minimum Gasteiger partial charge on any atom is -0.462 e. The molecule has 0 aliphatic rings. The molecule has 1 rings (SSSR count). The van der Waals surface area contributed by atoms with Crippen LogP contribution in [-0.4, -0.2) is 18.5 Å². The highest BCUT2D eigenvalue weighted by molar-refractivity contribution is 6.33. The first-order valence-corrected chi connectivity index (χ1v) is 6.41. The molecule has 1 amide bonds. The molecule has 0 radical (unpaired) electrons. The van der Waals surface area contributed by atoms with E-state index in [0.29, 0.717) is 22.9 Å². The van der Waals surface area contributed by atoms with Gasteiger partial charge in [-0.3, -0.25) is 4.79 Å². The summed E-state index contributed by atoms with van der Waals surface area (Å²) in [4.78, 5) is 23.5. The fourth-order valence-corrected chi connectivity index (χ4v) is 1.44. The summed E-state index contributed by atoms with van der Waals surface area (Å²) in [5.41, 5.74) is 0.228. The van der Waals surface area contributed by atoms with Gasteiger partial charge in [0.15, 0.2) is 0 Å². The molecule has 0 saturated heterocycles. The van der Waals surface area contributed by atoms with Crippen molar-refractivity contribution < 1.29 is 14.3 Å². The van der Waals surface area contributed by atoms with E-state index in [-0.39, 0.29) is 5.91 Å². The summed E-state index contributed by atoms with van der Waals surface area (Å²) in [6.45, 7) is 7.42. The Morgan fingerprint density at radius 3 is 2.47 bits per heavy atom. The molecule has 0 bridgehead atoms. The summed E-state index contributed by atoms with van der Waals surface area (Å²) in [5.74, 6) is -0.610. The summed E-state index contributed by atoms with van der Waals surface area (Å²) in [6.07, 6.45) is 0. The smallest absolute Gasteiger partial charge is 0.338 e. The van der Waals surface area contributed by atoms with E-state index in [1.54, 1.807) is 39.8 Å². The van der Waals surface area contributed by atoms with Crippen LogP contribution in [0.1, 0.15) is 38.1 Å². The molecule has 1 aromatic carbocycles. The molecule has 104 valence electrons. The van der Waals surface area contributed by atoms with Gasteiger partial charge >= 0.3 is 5.97 Å². The van der Waals surface area contributed by atoms with E-state index < -0.39 is 11.4 Å². The molecule has 0 spiro atoms. The average molecular weight is 284 g/mol. The van der Waals surface area contributed by atoms with Gasteiger partial charge in [0.05, 0.1) is 22.9 Å². The first-order chi connectivity index (χ1) is 8.75. The lowest BCUT2D eigenvalue weighted by atomic mass is 9.95. The number of hydrogen-bond acceptors (Lipinski definition) is 3. The lowest BCUT2D eigenvalue weighted by molar-refractivity contribution is -0.123. The van der Waals surface area contributed by atoms with Crippen LogP contribution in [-0.2, 0) is 9.53 Å². The molecule has 0 heterocycles. The third kappa shape index (κ3) is 4.24. The Hall–Kier alpha value is -1.55. The summed E-state index contributed by atoms with van der Waals surface area (Å²) < 4.78 is 4.90. The first-order valence-electron chi connectivity index (χ1n) is 6.04. The van der Waals surface area contributed by atoms with E-state index in [4.69, 9.17) is 16.3 Å². The second-order valence-electron chi connectivity index (χ2n) is 5.12. The fourth-order valence-electron chi connectivity index (χ4n) is 1.27. The lowest BCUT2D eigenvalue weighted by Crippen LogP contribution is -2.27. The van der Waals surface area contributed by atoms with Crippen LogP contribution in [0.25, 0.3) is 0 Å². The third-order valence-corrected chi connectivity index (χ3v) is 2.74. The van der Waals surface area contributed by atoms with Crippen LogP contribution in [0.15, 0.2) is 18.2 Å². The normalized spacial score (nSPS) is 11.0. The number of ether oxygens (including phenoxy) is 1. The van der Waals surface area contributed by atoms with Gasteiger partial charge in [-0.25, -0.2) is 4.79 Å². The van der Waals surface area contributed by atoms with Gasteiger partial charge in [-0.15, -0.1) is 0 Å². The second kappa shape index (κ2) is 6.06. The maximum Gasteiger partial charge on any atom is 0.338 e. The van der Waals surface area contributed by atoms with Crippen molar-refractivity contribution in [3.8, 4) is 0 Å². The topological polar surface area (TPSA) is 55.4 Å². The predicted molar refractivity (Wildman–Crippen MR) is 75.5 cm³/mol. The maximum absolute atomic E-state index is 11.9. The van der Waals surface area contributed by atoms with Crippen LogP contribution >= 0.6 is 11.6 Å². The Morgan fingerprint density at radius 2 is 1.95 bits per heavy atom. The Bertz CT molecular complexity index is 492. The molecule has 1 aromatic rings.